The lowest BCUT2D eigenvalue weighted by Crippen LogP contribution is -2.11. The molecule has 0 aromatic carbocycles. The van der Waals surface area contributed by atoms with Gasteiger partial charge in [0.25, 0.3) is 0 Å². The van der Waals surface area contributed by atoms with Crippen molar-refractivity contribution in [2.24, 2.45) is 5.92 Å². The summed E-state index contributed by atoms with van der Waals surface area (Å²) >= 11 is 0. The third kappa shape index (κ3) is 14.5. The number of carbonyl (C=O) groups excluding carboxylic acids is 1. The van der Waals surface area contributed by atoms with E-state index < -0.39 is 0 Å². The number of ether oxygens (including phenoxy) is 1. The van der Waals surface area contributed by atoms with Crippen molar-refractivity contribution < 1.29 is 9.53 Å². The second-order valence-corrected chi connectivity index (χ2v) is 6.98. The van der Waals surface area contributed by atoms with Crippen molar-refractivity contribution in [2.75, 3.05) is 6.61 Å². The Morgan fingerprint density at radius 3 is 1.87 bits per heavy atom. The Labute approximate surface area is 145 Å². The summed E-state index contributed by atoms with van der Waals surface area (Å²) in [5, 5.41) is 0. The number of esters is 1. The molecule has 1 unspecified atom stereocenters. The minimum absolute atomic E-state index is 0.242. The molecular formula is C21H40O2. The fraction of sp³-hybridized carbons (Fsp3) is 0.857. The first-order valence-electron chi connectivity index (χ1n) is 9.94. The van der Waals surface area contributed by atoms with Gasteiger partial charge in [0.05, 0.1) is 6.61 Å². The lowest BCUT2D eigenvalue weighted by Gasteiger charge is -2.17. The molecule has 0 spiro atoms. The number of hydrogen-bond acceptors (Lipinski definition) is 2. The molecule has 0 saturated heterocycles. The summed E-state index contributed by atoms with van der Waals surface area (Å²) in [6.45, 7) is 10.4. The maximum Gasteiger partial charge on any atom is 0.333 e. The summed E-state index contributed by atoms with van der Waals surface area (Å²) in [7, 11) is 0. The quantitative estimate of drug-likeness (QED) is 0.177. The lowest BCUT2D eigenvalue weighted by molar-refractivity contribution is -0.139. The topological polar surface area (TPSA) is 26.3 Å². The average Bonchev–Trinajstić information content (AvgIpc) is 2.53. The van der Waals surface area contributed by atoms with E-state index in [2.05, 4.69) is 20.4 Å². The Kier molecular flexibility index (Phi) is 15.5. The molecule has 136 valence electrons. The Bertz CT molecular complexity index is 296. The minimum Gasteiger partial charge on any atom is -0.462 e. The Hall–Kier alpha value is -0.790. The average molecular weight is 325 g/mol. The van der Waals surface area contributed by atoms with E-state index in [0.717, 1.165) is 12.3 Å². The predicted octanol–water partition coefficient (Wildman–Crippen LogP) is 6.83. The van der Waals surface area contributed by atoms with Gasteiger partial charge in [0.15, 0.2) is 0 Å². The van der Waals surface area contributed by atoms with E-state index >= 15 is 0 Å². The van der Waals surface area contributed by atoms with Crippen LogP contribution in [0.25, 0.3) is 0 Å². The first kappa shape index (κ1) is 22.2. The molecule has 2 heteroatoms. The first-order chi connectivity index (χ1) is 11.1. The molecule has 0 aromatic rings. The summed E-state index contributed by atoms with van der Waals surface area (Å²) in [6.07, 6.45) is 17.1. The molecule has 0 fully saturated rings. The van der Waals surface area contributed by atoms with Gasteiger partial charge in [0.1, 0.15) is 0 Å². The summed E-state index contributed by atoms with van der Waals surface area (Å²) in [5.41, 5.74) is 0.500. The first-order valence-corrected chi connectivity index (χ1v) is 9.94. The van der Waals surface area contributed by atoms with Gasteiger partial charge in [0.2, 0.25) is 0 Å². The van der Waals surface area contributed by atoms with Crippen molar-refractivity contribution in [3.05, 3.63) is 12.2 Å². The highest BCUT2D eigenvalue weighted by Gasteiger charge is 2.10. The zero-order valence-corrected chi connectivity index (χ0v) is 16.0. The van der Waals surface area contributed by atoms with Crippen LogP contribution in [0.1, 0.15) is 104 Å². The van der Waals surface area contributed by atoms with Crippen LogP contribution in [0.4, 0.5) is 0 Å². The maximum atomic E-state index is 11.4. The van der Waals surface area contributed by atoms with E-state index in [1.54, 1.807) is 6.92 Å². The third-order valence-electron chi connectivity index (χ3n) is 4.54. The summed E-state index contributed by atoms with van der Waals surface area (Å²) in [4.78, 5) is 11.4. The van der Waals surface area contributed by atoms with Crippen molar-refractivity contribution in [1.29, 1.82) is 0 Å². The normalized spacial score (nSPS) is 12.1. The molecule has 0 saturated carbocycles. The van der Waals surface area contributed by atoms with Crippen LogP contribution in [-0.2, 0) is 9.53 Å². The van der Waals surface area contributed by atoms with Crippen LogP contribution in [0, 0.1) is 5.92 Å². The number of hydrogen-bond donors (Lipinski definition) is 0. The molecule has 0 radical (unpaired) electrons. The Morgan fingerprint density at radius 1 is 0.826 bits per heavy atom. The molecular weight excluding hydrogens is 284 g/mol. The predicted molar refractivity (Wildman–Crippen MR) is 101 cm³/mol. The van der Waals surface area contributed by atoms with Gasteiger partial charge in [-0.15, -0.1) is 0 Å². The van der Waals surface area contributed by atoms with Crippen LogP contribution < -0.4 is 0 Å². The molecule has 23 heavy (non-hydrogen) atoms. The zero-order chi connectivity index (χ0) is 17.3. The van der Waals surface area contributed by atoms with Crippen molar-refractivity contribution in [3.8, 4) is 0 Å². The van der Waals surface area contributed by atoms with Crippen LogP contribution in [-0.4, -0.2) is 12.6 Å². The highest BCUT2D eigenvalue weighted by molar-refractivity contribution is 5.86. The lowest BCUT2D eigenvalue weighted by atomic mass is 9.92. The molecule has 0 heterocycles. The second-order valence-electron chi connectivity index (χ2n) is 6.98. The van der Waals surface area contributed by atoms with E-state index in [1.165, 1.54) is 77.0 Å². The Balaban J connectivity index is 3.85. The summed E-state index contributed by atoms with van der Waals surface area (Å²) < 4.78 is 5.27. The van der Waals surface area contributed by atoms with Crippen LogP contribution in [0.5, 0.6) is 0 Å². The highest BCUT2D eigenvalue weighted by atomic mass is 16.5. The van der Waals surface area contributed by atoms with Crippen molar-refractivity contribution in [3.63, 3.8) is 0 Å². The molecule has 0 aliphatic carbocycles. The molecule has 0 amide bonds. The van der Waals surface area contributed by atoms with Gasteiger partial charge in [-0.1, -0.05) is 97.5 Å². The number of carbonyl (C=O) groups is 1. The van der Waals surface area contributed by atoms with Gasteiger partial charge < -0.3 is 4.74 Å². The van der Waals surface area contributed by atoms with Gasteiger partial charge in [0, 0.05) is 5.57 Å². The smallest absolute Gasteiger partial charge is 0.333 e. The summed E-state index contributed by atoms with van der Waals surface area (Å²) in [6, 6.07) is 0. The third-order valence-corrected chi connectivity index (χ3v) is 4.54. The van der Waals surface area contributed by atoms with E-state index in [4.69, 9.17) is 4.74 Å². The van der Waals surface area contributed by atoms with E-state index in [1.807, 2.05) is 0 Å². The molecule has 0 aliphatic rings. The fourth-order valence-corrected chi connectivity index (χ4v) is 2.95. The van der Waals surface area contributed by atoms with Gasteiger partial charge in [-0.2, -0.15) is 0 Å². The largest absolute Gasteiger partial charge is 0.462 e. The minimum atomic E-state index is -0.242. The molecule has 1 atom stereocenters. The van der Waals surface area contributed by atoms with Crippen molar-refractivity contribution in [1.82, 2.24) is 0 Å². The van der Waals surface area contributed by atoms with Crippen molar-refractivity contribution in [2.45, 2.75) is 104 Å². The molecule has 0 rings (SSSR count). The summed E-state index contributed by atoms with van der Waals surface area (Å²) in [5.74, 6) is 0.475. The van der Waals surface area contributed by atoms with Crippen LogP contribution in [0.3, 0.4) is 0 Å². The second kappa shape index (κ2) is 16.1. The fourth-order valence-electron chi connectivity index (χ4n) is 2.95. The number of rotatable bonds is 16. The van der Waals surface area contributed by atoms with E-state index in [-0.39, 0.29) is 5.97 Å². The van der Waals surface area contributed by atoms with Crippen molar-refractivity contribution >= 4 is 5.97 Å². The van der Waals surface area contributed by atoms with Crippen LogP contribution >= 0.6 is 0 Å². The molecule has 0 aliphatic heterocycles. The standard InChI is InChI=1S/C21H40O2/c1-5-7-9-10-11-12-14-16-20(15-13-8-6-2)17-18-23-21(22)19(3)4/h20H,3,5-18H2,1-2,4H3. The SMILES string of the molecule is C=C(C)C(=O)OCCC(CCCCC)CCCCCCCCC. The van der Waals surface area contributed by atoms with Gasteiger partial charge in [-0.3, -0.25) is 0 Å². The molecule has 2 nitrogen and oxygen atoms in total. The highest BCUT2D eigenvalue weighted by Crippen LogP contribution is 2.21. The zero-order valence-electron chi connectivity index (χ0n) is 16.0. The monoisotopic (exact) mass is 324 g/mol. The van der Waals surface area contributed by atoms with Gasteiger partial charge in [-0.25, -0.2) is 4.79 Å². The van der Waals surface area contributed by atoms with Crippen LogP contribution in [0.15, 0.2) is 12.2 Å². The van der Waals surface area contributed by atoms with Gasteiger partial charge in [-0.05, 0) is 19.3 Å². The van der Waals surface area contributed by atoms with E-state index in [9.17, 15) is 4.79 Å². The molecule has 0 bridgehead atoms. The number of unbranched alkanes of at least 4 members (excludes halogenated alkanes) is 8. The maximum absolute atomic E-state index is 11.4. The van der Waals surface area contributed by atoms with E-state index in [0.29, 0.717) is 12.2 Å². The Morgan fingerprint density at radius 2 is 1.30 bits per heavy atom. The molecule has 0 N–H and O–H groups in total. The molecule has 0 aromatic heterocycles. The van der Waals surface area contributed by atoms with Crippen LogP contribution in [0.2, 0.25) is 0 Å². The van der Waals surface area contributed by atoms with Gasteiger partial charge >= 0.3 is 5.97 Å².